The summed E-state index contributed by atoms with van der Waals surface area (Å²) in [6, 6.07) is 2.45. The molecule has 2 heterocycles. The van der Waals surface area contributed by atoms with Gasteiger partial charge in [0.25, 0.3) is 0 Å². The van der Waals surface area contributed by atoms with Gasteiger partial charge in [0.2, 0.25) is 0 Å². The lowest BCUT2D eigenvalue weighted by Crippen LogP contribution is -2.49. The van der Waals surface area contributed by atoms with Gasteiger partial charge in [-0.05, 0) is 62.5 Å². The summed E-state index contributed by atoms with van der Waals surface area (Å²) in [5.41, 5.74) is 0. The normalized spacial score (nSPS) is 39.0. The molecule has 3 heteroatoms. The summed E-state index contributed by atoms with van der Waals surface area (Å²) < 4.78 is 0. The maximum atomic E-state index is 4.01. The predicted molar refractivity (Wildman–Crippen MR) is 80.3 cm³/mol. The van der Waals surface area contributed by atoms with Crippen molar-refractivity contribution in [3.05, 3.63) is 0 Å². The third-order valence-electron chi connectivity index (χ3n) is 5.11. The van der Waals surface area contributed by atoms with Gasteiger partial charge in [0, 0.05) is 18.1 Å². The van der Waals surface area contributed by atoms with Crippen LogP contribution in [0.2, 0.25) is 0 Å². The molecule has 0 radical (unpaired) electrons. The second-order valence-corrected chi connectivity index (χ2v) is 7.54. The van der Waals surface area contributed by atoms with Crippen molar-refractivity contribution in [1.82, 2.24) is 10.6 Å². The summed E-state index contributed by atoms with van der Waals surface area (Å²) in [6.07, 6.45) is 11.4. The van der Waals surface area contributed by atoms with E-state index < -0.39 is 0 Å². The number of thioether (sulfide) groups is 1. The summed E-state index contributed by atoms with van der Waals surface area (Å²) >= 11 is 2.13. The zero-order valence-corrected chi connectivity index (χ0v) is 12.3. The van der Waals surface area contributed by atoms with Crippen LogP contribution < -0.4 is 10.6 Å². The van der Waals surface area contributed by atoms with Crippen molar-refractivity contribution >= 4 is 11.8 Å². The summed E-state index contributed by atoms with van der Waals surface area (Å²) in [7, 11) is 0. The lowest BCUT2D eigenvalue weighted by atomic mass is 9.88. The maximum absolute atomic E-state index is 4.01. The highest BCUT2D eigenvalue weighted by Gasteiger charge is 2.35. The molecule has 0 aromatic rings. The minimum absolute atomic E-state index is 0.814. The van der Waals surface area contributed by atoms with Gasteiger partial charge in [-0.2, -0.15) is 11.8 Å². The summed E-state index contributed by atoms with van der Waals surface area (Å²) in [4.78, 5) is 0. The fraction of sp³-hybridized carbons (Fsp3) is 1.00. The number of nitrogens with one attached hydrogen (secondary N) is 2. The number of piperidine rings is 1. The van der Waals surface area contributed by atoms with Crippen LogP contribution in [0.3, 0.4) is 0 Å². The van der Waals surface area contributed by atoms with Gasteiger partial charge >= 0.3 is 0 Å². The fourth-order valence-corrected chi connectivity index (χ4v) is 5.19. The highest BCUT2D eigenvalue weighted by atomic mass is 32.2. The summed E-state index contributed by atoms with van der Waals surface area (Å²) in [6.45, 7) is 1.26. The van der Waals surface area contributed by atoms with Crippen LogP contribution in [0.1, 0.15) is 51.4 Å². The van der Waals surface area contributed by atoms with Crippen LogP contribution in [0.15, 0.2) is 0 Å². The Morgan fingerprint density at radius 3 is 2.56 bits per heavy atom. The molecule has 0 bridgehead atoms. The Labute approximate surface area is 116 Å². The monoisotopic (exact) mass is 268 g/mol. The van der Waals surface area contributed by atoms with E-state index in [9.17, 15) is 0 Å². The van der Waals surface area contributed by atoms with E-state index >= 15 is 0 Å². The van der Waals surface area contributed by atoms with Crippen molar-refractivity contribution in [3.63, 3.8) is 0 Å². The van der Waals surface area contributed by atoms with Gasteiger partial charge in [-0.1, -0.05) is 12.8 Å². The molecule has 1 aliphatic carbocycles. The number of hydrogen-bond donors (Lipinski definition) is 2. The maximum Gasteiger partial charge on any atom is 0.0113 e. The lowest BCUT2D eigenvalue weighted by Gasteiger charge is -2.35. The number of hydrogen-bond acceptors (Lipinski definition) is 3. The van der Waals surface area contributed by atoms with Crippen LogP contribution in [-0.4, -0.2) is 36.2 Å². The minimum atomic E-state index is 0.814. The first-order chi connectivity index (χ1) is 8.93. The van der Waals surface area contributed by atoms with Gasteiger partial charge < -0.3 is 10.6 Å². The van der Waals surface area contributed by atoms with Crippen molar-refractivity contribution in [2.24, 2.45) is 5.92 Å². The Bertz CT molecular complexity index is 247. The van der Waals surface area contributed by atoms with Gasteiger partial charge in [0.15, 0.2) is 0 Å². The molecular formula is C15H28N2S. The first-order valence-electron chi connectivity index (χ1n) is 8.00. The van der Waals surface area contributed by atoms with Crippen LogP contribution in [0.25, 0.3) is 0 Å². The summed E-state index contributed by atoms with van der Waals surface area (Å²) in [5, 5.41) is 7.80. The van der Waals surface area contributed by atoms with E-state index in [0.717, 1.165) is 24.0 Å². The Morgan fingerprint density at radius 2 is 1.78 bits per heavy atom. The third-order valence-corrected chi connectivity index (χ3v) is 6.15. The average molecular weight is 268 g/mol. The van der Waals surface area contributed by atoms with Crippen LogP contribution in [0, 0.1) is 5.92 Å². The topological polar surface area (TPSA) is 24.1 Å². The lowest BCUT2D eigenvalue weighted by molar-refractivity contribution is 0.243. The molecule has 1 saturated carbocycles. The molecule has 2 N–H and O–H groups in total. The highest BCUT2D eigenvalue weighted by Crippen LogP contribution is 2.32. The van der Waals surface area contributed by atoms with Crippen LogP contribution in [0.4, 0.5) is 0 Å². The zero-order valence-electron chi connectivity index (χ0n) is 11.5. The highest BCUT2D eigenvalue weighted by molar-refractivity contribution is 7.99. The van der Waals surface area contributed by atoms with E-state index in [4.69, 9.17) is 0 Å². The molecular weight excluding hydrogens is 240 g/mol. The van der Waals surface area contributed by atoms with E-state index in [-0.39, 0.29) is 0 Å². The molecule has 3 aliphatic rings. The average Bonchev–Trinajstić information content (AvgIpc) is 2.89. The SMILES string of the molecule is C1CCC(C2CCCC2NC2CCSCC2)NC1. The smallest absolute Gasteiger partial charge is 0.0113 e. The van der Waals surface area contributed by atoms with Crippen molar-refractivity contribution in [1.29, 1.82) is 0 Å². The van der Waals surface area contributed by atoms with E-state index in [2.05, 4.69) is 22.4 Å². The van der Waals surface area contributed by atoms with E-state index in [1.807, 2.05) is 0 Å². The van der Waals surface area contributed by atoms with E-state index in [0.29, 0.717) is 0 Å². The van der Waals surface area contributed by atoms with Crippen molar-refractivity contribution in [2.75, 3.05) is 18.1 Å². The van der Waals surface area contributed by atoms with Gasteiger partial charge in [0.05, 0.1) is 0 Å². The Kier molecular flexibility index (Phi) is 4.88. The van der Waals surface area contributed by atoms with Gasteiger partial charge in [0.1, 0.15) is 0 Å². The van der Waals surface area contributed by atoms with Crippen LogP contribution >= 0.6 is 11.8 Å². The minimum Gasteiger partial charge on any atom is -0.314 e. The van der Waals surface area contributed by atoms with E-state index in [1.54, 1.807) is 0 Å². The number of rotatable bonds is 3. The van der Waals surface area contributed by atoms with E-state index in [1.165, 1.54) is 69.4 Å². The van der Waals surface area contributed by atoms with Crippen LogP contribution in [-0.2, 0) is 0 Å². The predicted octanol–water partition coefficient (Wildman–Crippen LogP) is 2.78. The molecule has 3 rings (SSSR count). The first-order valence-corrected chi connectivity index (χ1v) is 9.16. The van der Waals surface area contributed by atoms with Gasteiger partial charge in [-0.3, -0.25) is 0 Å². The third kappa shape index (κ3) is 3.23. The second kappa shape index (κ2) is 6.62. The molecule has 0 amide bonds. The Hall–Kier alpha value is 0.270. The first kappa shape index (κ1) is 13.3. The van der Waals surface area contributed by atoms with Crippen molar-refractivity contribution in [2.45, 2.75) is 69.5 Å². The quantitative estimate of drug-likeness (QED) is 0.823. The zero-order chi connectivity index (χ0) is 12.2. The van der Waals surface area contributed by atoms with Crippen molar-refractivity contribution in [3.8, 4) is 0 Å². The second-order valence-electron chi connectivity index (χ2n) is 6.31. The van der Waals surface area contributed by atoms with Crippen LogP contribution in [0.5, 0.6) is 0 Å². The molecule has 2 nitrogen and oxygen atoms in total. The van der Waals surface area contributed by atoms with Gasteiger partial charge in [-0.15, -0.1) is 0 Å². The van der Waals surface area contributed by atoms with Crippen molar-refractivity contribution < 1.29 is 0 Å². The molecule has 2 saturated heterocycles. The molecule has 3 atom stereocenters. The summed E-state index contributed by atoms with van der Waals surface area (Å²) in [5.74, 6) is 3.66. The molecule has 3 unspecified atom stereocenters. The molecule has 18 heavy (non-hydrogen) atoms. The molecule has 0 aromatic carbocycles. The standard InChI is InChI=1S/C15H28N2S/c1-2-9-16-14(5-1)13-4-3-6-15(13)17-12-7-10-18-11-8-12/h12-17H,1-11H2. The fourth-order valence-electron chi connectivity index (χ4n) is 4.09. The molecule has 2 aliphatic heterocycles. The molecule has 3 fully saturated rings. The molecule has 0 aromatic heterocycles. The van der Waals surface area contributed by atoms with Gasteiger partial charge in [-0.25, -0.2) is 0 Å². The largest absolute Gasteiger partial charge is 0.314 e. The Balaban J connectivity index is 1.53. The molecule has 0 spiro atoms. The molecule has 104 valence electrons. The Morgan fingerprint density at radius 1 is 0.889 bits per heavy atom.